The summed E-state index contributed by atoms with van der Waals surface area (Å²) in [6.07, 6.45) is 7.24. The SMILES string of the molecule is CCc1cc(Nc2ncc(Cl)c(Nc3ncccc3NS(C)(=O)=O)n2)c(OC)cc1N1CCC(N2CCNCC2)CC1. The molecule has 14 heteroatoms. The second-order valence-corrected chi connectivity index (χ2v) is 12.6. The number of piperazine rings is 1. The Morgan fingerprint density at radius 3 is 2.52 bits per heavy atom. The Morgan fingerprint density at radius 1 is 1.07 bits per heavy atom. The molecule has 0 saturated carbocycles. The Balaban J connectivity index is 1.34. The topological polar surface area (TPSA) is 137 Å². The van der Waals surface area contributed by atoms with Crippen molar-refractivity contribution in [3.63, 3.8) is 0 Å². The molecule has 3 aromatic rings. The fourth-order valence-corrected chi connectivity index (χ4v) is 6.21. The second kappa shape index (κ2) is 13.3. The number of aromatic nitrogens is 3. The standard InChI is InChI=1S/C28H38ClN9O3S/c1-4-19-16-23(25(41-2)17-24(19)38-12-7-20(8-13-38)37-14-10-30-11-15-37)33-28-32-18-21(29)26(35-28)34-27-22(6-5-9-31-27)36-42(3,39)40/h5-6,9,16-18,20,30,36H,4,7-8,10-15H2,1-3H3,(H2,31,32,33,34,35). The lowest BCUT2D eigenvalue weighted by Crippen LogP contribution is -2.52. The third-order valence-electron chi connectivity index (χ3n) is 7.59. The lowest BCUT2D eigenvalue weighted by Gasteiger charge is -2.41. The van der Waals surface area contributed by atoms with Gasteiger partial charge in [0.2, 0.25) is 16.0 Å². The van der Waals surface area contributed by atoms with E-state index >= 15 is 0 Å². The van der Waals surface area contributed by atoms with E-state index in [-0.39, 0.29) is 22.3 Å². The van der Waals surface area contributed by atoms with Gasteiger partial charge in [-0.25, -0.2) is 18.4 Å². The number of ether oxygens (including phenoxy) is 1. The average molecular weight is 616 g/mol. The van der Waals surface area contributed by atoms with Gasteiger partial charge in [-0.2, -0.15) is 4.98 Å². The van der Waals surface area contributed by atoms with Gasteiger partial charge in [-0.15, -0.1) is 0 Å². The molecule has 2 fully saturated rings. The van der Waals surface area contributed by atoms with Crippen molar-refractivity contribution in [3.05, 3.63) is 47.2 Å². The van der Waals surface area contributed by atoms with Crippen LogP contribution in [0.2, 0.25) is 5.02 Å². The Morgan fingerprint density at radius 2 is 1.83 bits per heavy atom. The van der Waals surface area contributed by atoms with E-state index in [0.717, 1.165) is 70.5 Å². The summed E-state index contributed by atoms with van der Waals surface area (Å²) >= 11 is 6.39. The van der Waals surface area contributed by atoms with Crippen LogP contribution in [0, 0.1) is 0 Å². The molecule has 1 aromatic carbocycles. The minimum absolute atomic E-state index is 0.247. The van der Waals surface area contributed by atoms with E-state index in [9.17, 15) is 8.42 Å². The van der Waals surface area contributed by atoms with E-state index in [1.54, 1.807) is 19.2 Å². The lowest BCUT2D eigenvalue weighted by molar-refractivity contribution is 0.150. The largest absolute Gasteiger partial charge is 0.494 e. The minimum Gasteiger partial charge on any atom is -0.494 e. The van der Waals surface area contributed by atoms with Crippen LogP contribution in [0.25, 0.3) is 0 Å². The summed E-state index contributed by atoms with van der Waals surface area (Å²) in [5, 5.41) is 9.99. The van der Waals surface area contributed by atoms with E-state index in [1.165, 1.54) is 23.6 Å². The zero-order valence-corrected chi connectivity index (χ0v) is 25.7. The highest BCUT2D eigenvalue weighted by Crippen LogP contribution is 2.37. The lowest BCUT2D eigenvalue weighted by atomic mass is 9.99. The number of hydrogen-bond donors (Lipinski definition) is 4. The molecule has 2 saturated heterocycles. The summed E-state index contributed by atoms with van der Waals surface area (Å²) in [6, 6.07) is 8.05. The number of nitrogens with one attached hydrogen (secondary N) is 4. The van der Waals surface area contributed by atoms with Crippen LogP contribution in [0.15, 0.2) is 36.7 Å². The molecule has 2 aromatic heterocycles. The van der Waals surface area contributed by atoms with Crippen molar-refractivity contribution in [1.29, 1.82) is 0 Å². The number of pyridine rings is 1. The number of methoxy groups -OCH3 is 1. The van der Waals surface area contributed by atoms with Gasteiger partial charge in [-0.1, -0.05) is 18.5 Å². The highest BCUT2D eigenvalue weighted by atomic mass is 35.5. The van der Waals surface area contributed by atoms with Crippen LogP contribution in [0.1, 0.15) is 25.3 Å². The van der Waals surface area contributed by atoms with Gasteiger partial charge in [-0.05, 0) is 43.0 Å². The van der Waals surface area contributed by atoms with Crippen molar-refractivity contribution >= 4 is 56.3 Å². The fraction of sp³-hybridized carbons (Fsp3) is 0.464. The monoisotopic (exact) mass is 615 g/mol. The molecule has 4 heterocycles. The van der Waals surface area contributed by atoms with Gasteiger partial charge < -0.3 is 25.6 Å². The highest BCUT2D eigenvalue weighted by molar-refractivity contribution is 7.92. The van der Waals surface area contributed by atoms with E-state index < -0.39 is 10.0 Å². The van der Waals surface area contributed by atoms with Crippen molar-refractivity contribution in [2.24, 2.45) is 0 Å². The number of hydrogen-bond acceptors (Lipinski definition) is 11. The van der Waals surface area contributed by atoms with Crippen molar-refractivity contribution < 1.29 is 13.2 Å². The van der Waals surface area contributed by atoms with E-state index in [2.05, 4.69) is 64.5 Å². The molecule has 0 aliphatic carbocycles. The molecule has 0 unspecified atom stereocenters. The molecule has 4 N–H and O–H groups in total. The molecular weight excluding hydrogens is 578 g/mol. The van der Waals surface area contributed by atoms with Gasteiger partial charge in [0.25, 0.3) is 0 Å². The van der Waals surface area contributed by atoms with Crippen LogP contribution in [-0.4, -0.2) is 86.9 Å². The number of halogens is 1. The predicted octanol–water partition coefficient (Wildman–Crippen LogP) is 3.83. The van der Waals surface area contributed by atoms with Crippen molar-refractivity contribution in [2.75, 3.05) is 72.9 Å². The van der Waals surface area contributed by atoms with Crippen molar-refractivity contribution in [1.82, 2.24) is 25.2 Å². The van der Waals surface area contributed by atoms with E-state index in [1.807, 2.05) is 0 Å². The van der Waals surface area contributed by atoms with Crippen LogP contribution in [0.3, 0.4) is 0 Å². The Kier molecular flexibility index (Phi) is 9.51. The van der Waals surface area contributed by atoms with Crippen LogP contribution < -0.4 is 30.3 Å². The van der Waals surface area contributed by atoms with Crippen molar-refractivity contribution in [3.8, 4) is 5.75 Å². The number of aryl methyl sites for hydroxylation is 1. The number of piperidine rings is 1. The first kappa shape index (κ1) is 30.1. The first-order valence-corrected chi connectivity index (χ1v) is 16.4. The molecule has 0 radical (unpaired) electrons. The third kappa shape index (κ3) is 7.33. The molecule has 42 heavy (non-hydrogen) atoms. The number of rotatable bonds is 10. The summed E-state index contributed by atoms with van der Waals surface area (Å²) in [5.74, 6) is 1.50. The zero-order chi connectivity index (χ0) is 29.7. The smallest absolute Gasteiger partial charge is 0.229 e. The van der Waals surface area contributed by atoms with Crippen molar-refractivity contribution in [2.45, 2.75) is 32.2 Å². The molecule has 2 aliphatic heterocycles. The van der Waals surface area contributed by atoms with E-state index in [0.29, 0.717) is 17.7 Å². The van der Waals surface area contributed by atoms with Gasteiger partial charge in [0, 0.05) is 63.3 Å². The molecule has 226 valence electrons. The minimum atomic E-state index is -3.52. The number of sulfonamides is 1. The zero-order valence-electron chi connectivity index (χ0n) is 24.2. The van der Waals surface area contributed by atoms with Crippen LogP contribution >= 0.6 is 11.6 Å². The second-order valence-electron chi connectivity index (χ2n) is 10.5. The predicted molar refractivity (Wildman–Crippen MR) is 168 cm³/mol. The Bertz CT molecular complexity index is 1490. The average Bonchev–Trinajstić information content (AvgIpc) is 2.99. The quantitative estimate of drug-likeness (QED) is 0.265. The molecule has 2 aliphatic rings. The summed E-state index contributed by atoms with van der Waals surface area (Å²) in [5.41, 5.74) is 3.40. The summed E-state index contributed by atoms with van der Waals surface area (Å²) in [7, 11) is -1.86. The fourth-order valence-electron chi connectivity index (χ4n) is 5.51. The maximum Gasteiger partial charge on any atom is 0.229 e. The molecular formula is C28H38ClN9O3S. The number of anilines is 6. The van der Waals surface area contributed by atoms with Crippen LogP contribution in [-0.2, 0) is 16.4 Å². The summed E-state index contributed by atoms with van der Waals surface area (Å²) in [6.45, 7) is 8.58. The molecule has 0 spiro atoms. The third-order valence-corrected chi connectivity index (χ3v) is 8.45. The molecule has 0 bridgehead atoms. The van der Waals surface area contributed by atoms with Crippen LogP contribution in [0.5, 0.6) is 5.75 Å². The molecule has 12 nitrogen and oxygen atoms in total. The molecule has 0 atom stereocenters. The molecule has 0 amide bonds. The van der Waals surface area contributed by atoms with Gasteiger partial charge in [0.1, 0.15) is 10.8 Å². The summed E-state index contributed by atoms with van der Waals surface area (Å²) in [4.78, 5) is 18.2. The van der Waals surface area contributed by atoms with Crippen LogP contribution in [0.4, 0.5) is 34.6 Å². The van der Waals surface area contributed by atoms with Gasteiger partial charge in [0.15, 0.2) is 11.6 Å². The normalized spacial score (nSPS) is 16.7. The highest BCUT2D eigenvalue weighted by Gasteiger charge is 2.27. The van der Waals surface area contributed by atoms with Gasteiger partial charge >= 0.3 is 0 Å². The molecule has 5 rings (SSSR count). The van der Waals surface area contributed by atoms with Gasteiger partial charge in [0.05, 0.1) is 30.9 Å². The first-order chi connectivity index (χ1) is 20.2. The Labute approximate surface area is 252 Å². The maximum absolute atomic E-state index is 11.8. The Hall–Kier alpha value is -3.39. The maximum atomic E-state index is 11.8. The first-order valence-electron chi connectivity index (χ1n) is 14.1. The number of nitrogens with zero attached hydrogens (tertiary/aromatic N) is 5. The van der Waals surface area contributed by atoms with E-state index in [4.69, 9.17) is 16.3 Å². The summed E-state index contributed by atoms with van der Waals surface area (Å²) < 4.78 is 31.8. The number of benzene rings is 1. The van der Waals surface area contributed by atoms with Gasteiger partial charge in [-0.3, -0.25) is 9.62 Å².